The number of halogens is 1. The van der Waals surface area contributed by atoms with Crippen molar-refractivity contribution in [2.24, 2.45) is 0 Å². The van der Waals surface area contributed by atoms with E-state index < -0.39 is 0 Å². The van der Waals surface area contributed by atoms with Gasteiger partial charge in [-0.2, -0.15) is 0 Å². The Hall–Kier alpha value is -2.66. The van der Waals surface area contributed by atoms with E-state index in [9.17, 15) is 9.18 Å². The summed E-state index contributed by atoms with van der Waals surface area (Å²) in [7, 11) is 1.85. The van der Waals surface area contributed by atoms with Crippen molar-refractivity contribution in [1.82, 2.24) is 4.90 Å². The molecule has 0 unspecified atom stereocenters. The number of benzene rings is 2. The fraction of sp³-hybridized carbons (Fsp3) is 0.211. The highest BCUT2D eigenvalue weighted by molar-refractivity contribution is 5.92. The number of carbonyl (C=O) groups is 1. The second-order valence-electron chi connectivity index (χ2n) is 5.84. The molecule has 1 N–H and O–H groups in total. The monoisotopic (exact) mass is 326 g/mol. The number of amides is 1. The number of likely N-dealkylation sites (N-methyl/N-ethyl adjacent to an activating group) is 1. The topological polar surface area (TPSA) is 45.5 Å². The molecule has 3 aromatic rings. The summed E-state index contributed by atoms with van der Waals surface area (Å²) in [6, 6.07) is 15.6. The highest BCUT2D eigenvalue weighted by Gasteiger charge is 2.18. The van der Waals surface area contributed by atoms with Crippen molar-refractivity contribution in [3.05, 3.63) is 66.2 Å². The Balaban J connectivity index is 1.65. The summed E-state index contributed by atoms with van der Waals surface area (Å²) in [5.74, 6) is 0.222. The van der Waals surface area contributed by atoms with Gasteiger partial charge in [0.05, 0.1) is 12.6 Å². The molecule has 0 aliphatic carbocycles. The number of hydrogen-bond donors (Lipinski definition) is 1. The summed E-state index contributed by atoms with van der Waals surface area (Å²) < 4.78 is 19.0. The number of para-hydroxylation sites is 1. The molecule has 0 aliphatic heterocycles. The number of anilines is 1. The first-order valence-corrected chi connectivity index (χ1v) is 7.77. The van der Waals surface area contributed by atoms with Gasteiger partial charge < -0.3 is 9.73 Å². The van der Waals surface area contributed by atoms with Gasteiger partial charge in [-0.05, 0) is 44.3 Å². The Labute approximate surface area is 139 Å². The van der Waals surface area contributed by atoms with Crippen LogP contribution in [0.4, 0.5) is 10.1 Å². The lowest BCUT2D eigenvalue weighted by Crippen LogP contribution is -2.32. The molecule has 124 valence electrons. The van der Waals surface area contributed by atoms with E-state index in [1.807, 2.05) is 49.2 Å². The molecule has 0 aliphatic rings. The lowest BCUT2D eigenvalue weighted by Gasteiger charge is -2.22. The van der Waals surface area contributed by atoms with Crippen LogP contribution < -0.4 is 5.32 Å². The van der Waals surface area contributed by atoms with Gasteiger partial charge in [-0.3, -0.25) is 9.69 Å². The quantitative estimate of drug-likeness (QED) is 0.764. The number of hydrogen-bond acceptors (Lipinski definition) is 3. The van der Waals surface area contributed by atoms with Crippen LogP contribution >= 0.6 is 0 Å². The fourth-order valence-electron chi connectivity index (χ4n) is 2.56. The summed E-state index contributed by atoms with van der Waals surface area (Å²) in [6.45, 7) is 2.15. The first kappa shape index (κ1) is 16.2. The van der Waals surface area contributed by atoms with E-state index in [4.69, 9.17) is 4.42 Å². The molecule has 0 radical (unpaired) electrons. The maximum absolute atomic E-state index is 13.2. The standard InChI is InChI=1S/C19H19FN2O2/c1-13(18-10-14-6-3-4-9-17(14)24-18)22(2)12-19(23)21-16-8-5-7-15(20)11-16/h3-11,13H,12H2,1-2H3,(H,21,23)/t13-/m1/s1. The van der Waals surface area contributed by atoms with Gasteiger partial charge in [0.2, 0.25) is 5.91 Å². The first-order chi connectivity index (χ1) is 11.5. The van der Waals surface area contributed by atoms with Gasteiger partial charge in [-0.25, -0.2) is 4.39 Å². The maximum Gasteiger partial charge on any atom is 0.238 e. The van der Waals surface area contributed by atoms with Crippen LogP contribution in [0.1, 0.15) is 18.7 Å². The summed E-state index contributed by atoms with van der Waals surface area (Å²) in [5.41, 5.74) is 1.28. The van der Waals surface area contributed by atoms with E-state index in [1.54, 1.807) is 12.1 Å². The largest absolute Gasteiger partial charge is 0.459 e. The molecular formula is C19H19FN2O2. The molecule has 4 nitrogen and oxygen atoms in total. The third-order valence-corrected chi connectivity index (χ3v) is 4.02. The molecule has 0 spiro atoms. The Morgan fingerprint density at radius 3 is 2.75 bits per heavy atom. The van der Waals surface area contributed by atoms with E-state index in [0.29, 0.717) is 5.69 Å². The minimum absolute atomic E-state index is 0.0596. The van der Waals surface area contributed by atoms with Crippen LogP contribution in [0.15, 0.2) is 59.0 Å². The van der Waals surface area contributed by atoms with Crippen molar-refractivity contribution in [3.8, 4) is 0 Å². The van der Waals surface area contributed by atoms with E-state index in [2.05, 4.69) is 5.32 Å². The molecule has 1 aromatic heterocycles. The zero-order chi connectivity index (χ0) is 17.1. The third kappa shape index (κ3) is 3.63. The predicted octanol–water partition coefficient (Wildman–Crippen LogP) is 4.20. The van der Waals surface area contributed by atoms with Crippen LogP contribution in [-0.4, -0.2) is 24.4 Å². The van der Waals surface area contributed by atoms with Crippen molar-refractivity contribution in [2.45, 2.75) is 13.0 Å². The van der Waals surface area contributed by atoms with Gasteiger partial charge in [0.25, 0.3) is 0 Å². The SMILES string of the molecule is C[C@H](c1cc2ccccc2o1)N(C)CC(=O)Nc1cccc(F)c1. The Kier molecular flexibility index (Phi) is 4.62. The van der Waals surface area contributed by atoms with Gasteiger partial charge in [0.1, 0.15) is 17.2 Å². The molecule has 0 bridgehead atoms. The van der Waals surface area contributed by atoms with Crippen LogP contribution in [0.3, 0.4) is 0 Å². The van der Waals surface area contributed by atoms with Crippen LogP contribution in [-0.2, 0) is 4.79 Å². The first-order valence-electron chi connectivity index (χ1n) is 7.77. The number of carbonyl (C=O) groups excluding carboxylic acids is 1. The lowest BCUT2D eigenvalue weighted by atomic mass is 10.2. The van der Waals surface area contributed by atoms with Crippen LogP contribution in [0.5, 0.6) is 0 Å². The van der Waals surface area contributed by atoms with Gasteiger partial charge in [0.15, 0.2) is 0 Å². The molecule has 2 aromatic carbocycles. The maximum atomic E-state index is 13.2. The normalized spacial score (nSPS) is 12.5. The molecule has 5 heteroatoms. The van der Waals surface area contributed by atoms with Gasteiger partial charge >= 0.3 is 0 Å². The van der Waals surface area contributed by atoms with Gasteiger partial charge in [-0.1, -0.05) is 24.3 Å². The summed E-state index contributed by atoms with van der Waals surface area (Å²) >= 11 is 0. The Morgan fingerprint density at radius 2 is 2.00 bits per heavy atom. The van der Waals surface area contributed by atoms with Crippen molar-refractivity contribution < 1.29 is 13.6 Å². The molecule has 0 saturated heterocycles. The molecule has 3 rings (SSSR count). The van der Waals surface area contributed by atoms with Crippen LogP contribution in [0, 0.1) is 5.82 Å². The summed E-state index contributed by atoms with van der Waals surface area (Å²) in [5, 5.41) is 3.73. The van der Waals surface area contributed by atoms with Crippen LogP contribution in [0.25, 0.3) is 11.0 Å². The summed E-state index contributed by atoms with van der Waals surface area (Å²) in [4.78, 5) is 14.0. The number of rotatable bonds is 5. The van der Waals surface area contributed by atoms with Crippen molar-refractivity contribution in [2.75, 3.05) is 18.9 Å². The second kappa shape index (κ2) is 6.84. The van der Waals surface area contributed by atoms with E-state index in [-0.39, 0.29) is 24.3 Å². The molecule has 1 atom stereocenters. The molecule has 0 saturated carbocycles. The highest BCUT2D eigenvalue weighted by Crippen LogP contribution is 2.26. The number of fused-ring (bicyclic) bond motifs is 1. The van der Waals surface area contributed by atoms with Crippen molar-refractivity contribution in [1.29, 1.82) is 0 Å². The van der Waals surface area contributed by atoms with E-state index in [0.717, 1.165) is 16.7 Å². The zero-order valence-corrected chi connectivity index (χ0v) is 13.6. The van der Waals surface area contributed by atoms with Crippen molar-refractivity contribution in [3.63, 3.8) is 0 Å². The number of furan rings is 1. The highest BCUT2D eigenvalue weighted by atomic mass is 19.1. The second-order valence-corrected chi connectivity index (χ2v) is 5.84. The summed E-state index contributed by atoms with van der Waals surface area (Å²) in [6.07, 6.45) is 0. The zero-order valence-electron chi connectivity index (χ0n) is 13.6. The molecule has 0 fully saturated rings. The number of nitrogens with zero attached hydrogens (tertiary/aromatic N) is 1. The minimum atomic E-state index is -0.378. The lowest BCUT2D eigenvalue weighted by molar-refractivity contribution is -0.117. The average molecular weight is 326 g/mol. The van der Waals surface area contributed by atoms with Gasteiger partial charge in [0, 0.05) is 11.1 Å². The van der Waals surface area contributed by atoms with Crippen molar-refractivity contribution >= 4 is 22.6 Å². The minimum Gasteiger partial charge on any atom is -0.459 e. The Bertz CT molecular complexity index is 826. The molecule has 24 heavy (non-hydrogen) atoms. The molecular weight excluding hydrogens is 307 g/mol. The molecule has 1 amide bonds. The third-order valence-electron chi connectivity index (χ3n) is 4.02. The molecule has 1 heterocycles. The van der Waals surface area contributed by atoms with Crippen LogP contribution in [0.2, 0.25) is 0 Å². The number of nitrogens with one attached hydrogen (secondary N) is 1. The van der Waals surface area contributed by atoms with E-state index >= 15 is 0 Å². The smallest absolute Gasteiger partial charge is 0.238 e. The van der Waals surface area contributed by atoms with Gasteiger partial charge in [-0.15, -0.1) is 0 Å². The fourth-order valence-corrected chi connectivity index (χ4v) is 2.56. The van der Waals surface area contributed by atoms with E-state index in [1.165, 1.54) is 12.1 Å². The predicted molar refractivity (Wildman–Crippen MR) is 92.3 cm³/mol. The average Bonchev–Trinajstić information content (AvgIpc) is 2.97. The Morgan fingerprint density at radius 1 is 1.21 bits per heavy atom.